The van der Waals surface area contributed by atoms with Crippen molar-refractivity contribution in [3.8, 4) is 5.75 Å². The molecule has 0 spiro atoms. The van der Waals surface area contributed by atoms with E-state index in [-0.39, 0.29) is 30.7 Å². The highest BCUT2D eigenvalue weighted by molar-refractivity contribution is 5.95. The molecule has 0 radical (unpaired) electrons. The largest absolute Gasteiger partial charge is 0.508 e. The number of rotatable bonds is 4. The zero-order chi connectivity index (χ0) is 18.8. The Morgan fingerprint density at radius 3 is 2.96 bits per heavy atom. The van der Waals surface area contributed by atoms with E-state index in [1.54, 1.807) is 52.5 Å². The van der Waals surface area contributed by atoms with Crippen LogP contribution in [-0.2, 0) is 17.9 Å². The standard InChI is InChI=1S/C19H18N4O4/c24-15-4-1-3-13(7-15)19(26)22-10-14-8-20-12-23(14)17(11-22)18(25)21-9-16-5-2-6-27-16/h1-8,12,17,24H,9-11H2,(H,21,25)/t17-/m0/s1. The number of carbonyl (C=O) groups excluding carboxylic acids is 2. The van der Waals surface area contributed by atoms with E-state index in [0.717, 1.165) is 5.69 Å². The van der Waals surface area contributed by atoms with Crippen LogP contribution in [0, 0.1) is 0 Å². The van der Waals surface area contributed by atoms with Crippen molar-refractivity contribution in [2.75, 3.05) is 6.54 Å². The molecule has 0 aliphatic carbocycles. The second-order valence-corrected chi connectivity index (χ2v) is 6.34. The summed E-state index contributed by atoms with van der Waals surface area (Å²) in [4.78, 5) is 31.3. The first-order valence-electron chi connectivity index (χ1n) is 8.51. The number of furan rings is 1. The second-order valence-electron chi connectivity index (χ2n) is 6.34. The van der Waals surface area contributed by atoms with Gasteiger partial charge in [0.2, 0.25) is 5.91 Å². The SMILES string of the molecule is O=C(NCc1ccco1)[C@@H]1CN(C(=O)c2cccc(O)c2)Cc2cncn21. The number of phenols is 1. The molecule has 0 unspecified atom stereocenters. The van der Waals surface area contributed by atoms with E-state index in [1.807, 2.05) is 0 Å². The smallest absolute Gasteiger partial charge is 0.254 e. The Kier molecular flexibility index (Phi) is 4.37. The predicted octanol–water partition coefficient (Wildman–Crippen LogP) is 1.70. The van der Waals surface area contributed by atoms with Crippen LogP contribution in [0.2, 0.25) is 0 Å². The number of phenolic OH excluding ortho intramolecular Hbond substituents is 1. The number of nitrogens with zero attached hydrogens (tertiary/aromatic N) is 3. The van der Waals surface area contributed by atoms with Crippen molar-refractivity contribution in [3.63, 3.8) is 0 Å². The fourth-order valence-corrected chi connectivity index (χ4v) is 3.18. The van der Waals surface area contributed by atoms with E-state index < -0.39 is 6.04 Å². The van der Waals surface area contributed by atoms with Crippen molar-refractivity contribution < 1.29 is 19.1 Å². The quantitative estimate of drug-likeness (QED) is 0.732. The lowest BCUT2D eigenvalue weighted by atomic mass is 10.1. The molecule has 1 aliphatic rings. The Morgan fingerprint density at radius 2 is 2.19 bits per heavy atom. The molecule has 2 aromatic heterocycles. The van der Waals surface area contributed by atoms with E-state index in [1.165, 1.54) is 12.1 Å². The van der Waals surface area contributed by atoms with Crippen molar-refractivity contribution in [2.24, 2.45) is 0 Å². The van der Waals surface area contributed by atoms with E-state index in [2.05, 4.69) is 10.3 Å². The van der Waals surface area contributed by atoms with Gasteiger partial charge in [-0.2, -0.15) is 0 Å². The van der Waals surface area contributed by atoms with Crippen LogP contribution >= 0.6 is 0 Å². The molecule has 1 aliphatic heterocycles. The minimum Gasteiger partial charge on any atom is -0.508 e. The minimum absolute atomic E-state index is 0.0237. The molecule has 8 nitrogen and oxygen atoms in total. The average molecular weight is 366 g/mol. The maximum Gasteiger partial charge on any atom is 0.254 e. The average Bonchev–Trinajstić information content (AvgIpc) is 3.36. The van der Waals surface area contributed by atoms with E-state index in [9.17, 15) is 14.7 Å². The fourth-order valence-electron chi connectivity index (χ4n) is 3.18. The van der Waals surface area contributed by atoms with Gasteiger partial charge < -0.3 is 24.3 Å². The molecule has 1 aromatic carbocycles. The van der Waals surface area contributed by atoms with E-state index >= 15 is 0 Å². The zero-order valence-electron chi connectivity index (χ0n) is 14.4. The second kappa shape index (κ2) is 6.99. The summed E-state index contributed by atoms with van der Waals surface area (Å²) in [5, 5.41) is 12.5. The first kappa shape index (κ1) is 16.9. The molecule has 2 amide bonds. The van der Waals surface area contributed by atoms with Crippen molar-refractivity contribution in [1.29, 1.82) is 0 Å². The molecule has 3 heterocycles. The number of imidazole rings is 1. The highest BCUT2D eigenvalue weighted by Gasteiger charge is 2.32. The van der Waals surface area contributed by atoms with Crippen LogP contribution in [0.15, 0.2) is 59.6 Å². The molecule has 138 valence electrons. The van der Waals surface area contributed by atoms with E-state index in [0.29, 0.717) is 17.9 Å². The summed E-state index contributed by atoms with van der Waals surface area (Å²) in [6.07, 6.45) is 4.79. The maximum atomic E-state index is 12.8. The van der Waals surface area contributed by atoms with Crippen LogP contribution in [0.5, 0.6) is 5.75 Å². The number of carbonyl (C=O) groups is 2. The zero-order valence-corrected chi connectivity index (χ0v) is 14.4. The van der Waals surface area contributed by atoms with Crippen molar-refractivity contribution in [3.05, 3.63) is 72.2 Å². The highest BCUT2D eigenvalue weighted by Crippen LogP contribution is 2.24. The summed E-state index contributed by atoms with van der Waals surface area (Å²) in [6.45, 7) is 0.825. The number of benzene rings is 1. The van der Waals surface area contributed by atoms with Crippen LogP contribution in [0.1, 0.15) is 27.9 Å². The Bertz CT molecular complexity index is 964. The summed E-state index contributed by atoms with van der Waals surface area (Å²) in [7, 11) is 0. The molecule has 0 bridgehead atoms. The van der Waals surface area contributed by atoms with Crippen molar-refractivity contribution in [1.82, 2.24) is 19.8 Å². The number of fused-ring (bicyclic) bond motifs is 1. The van der Waals surface area contributed by atoms with Gasteiger partial charge in [-0.15, -0.1) is 0 Å². The van der Waals surface area contributed by atoms with Gasteiger partial charge in [0.25, 0.3) is 5.91 Å². The molecule has 0 saturated carbocycles. The van der Waals surface area contributed by atoms with Gasteiger partial charge in [-0.1, -0.05) is 6.07 Å². The number of hydrogen-bond donors (Lipinski definition) is 2. The van der Waals surface area contributed by atoms with E-state index in [4.69, 9.17) is 4.42 Å². The van der Waals surface area contributed by atoms with Gasteiger partial charge in [-0.05, 0) is 30.3 Å². The lowest BCUT2D eigenvalue weighted by molar-refractivity contribution is -0.125. The van der Waals surface area contributed by atoms with Gasteiger partial charge in [-0.25, -0.2) is 4.98 Å². The Labute approximate surface area is 155 Å². The fraction of sp³-hybridized carbons (Fsp3) is 0.211. The Balaban J connectivity index is 1.53. The third kappa shape index (κ3) is 3.41. The number of nitrogens with one attached hydrogen (secondary N) is 1. The Hall–Kier alpha value is -3.55. The molecule has 0 saturated heterocycles. The third-order valence-electron chi connectivity index (χ3n) is 4.53. The van der Waals surface area contributed by atoms with Gasteiger partial charge in [0, 0.05) is 11.8 Å². The van der Waals surface area contributed by atoms with Crippen molar-refractivity contribution in [2.45, 2.75) is 19.1 Å². The Morgan fingerprint density at radius 1 is 1.30 bits per heavy atom. The topological polar surface area (TPSA) is 101 Å². The first-order chi connectivity index (χ1) is 13.1. The van der Waals surface area contributed by atoms with Crippen LogP contribution in [-0.4, -0.2) is 37.9 Å². The van der Waals surface area contributed by atoms with Crippen LogP contribution in [0.25, 0.3) is 0 Å². The monoisotopic (exact) mass is 366 g/mol. The van der Waals surface area contributed by atoms with Gasteiger partial charge in [0.05, 0.1) is 37.9 Å². The summed E-state index contributed by atoms with van der Waals surface area (Å²) < 4.78 is 7.01. The lowest BCUT2D eigenvalue weighted by Crippen LogP contribution is -2.46. The molecule has 2 N–H and O–H groups in total. The van der Waals surface area contributed by atoms with Crippen LogP contribution in [0.4, 0.5) is 0 Å². The number of amides is 2. The highest BCUT2D eigenvalue weighted by atomic mass is 16.3. The summed E-state index contributed by atoms with van der Waals surface area (Å²) >= 11 is 0. The number of aromatic nitrogens is 2. The number of aromatic hydroxyl groups is 1. The summed E-state index contributed by atoms with van der Waals surface area (Å²) in [5.41, 5.74) is 1.14. The molecular formula is C19H18N4O4. The predicted molar refractivity (Wildman–Crippen MR) is 94.7 cm³/mol. The first-order valence-corrected chi connectivity index (χ1v) is 8.51. The van der Waals surface area contributed by atoms with Crippen LogP contribution < -0.4 is 5.32 Å². The molecule has 27 heavy (non-hydrogen) atoms. The summed E-state index contributed by atoms with van der Waals surface area (Å²) in [5.74, 6) is 0.203. The third-order valence-corrected chi connectivity index (χ3v) is 4.53. The minimum atomic E-state index is -0.590. The molecule has 8 heteroatoms. The van der Waals surface area contributed by atoms with Crippen LogP contribution in [0.3, 0.4) is 0 Å². The van der Waals surface area contributed by atoms with Crippen molar-refractivity contribution >= 4 is 11.8 Å². The molecule has 0 fully saturated rings. The molecule has 3 aromatic rings. The van der Waals surface area contributed by atoms with Gasteiger partial charge in [-0.3, -0.25) is 9.59 Å². The number of hydrogen-bond acceptors (Lipinski definition) is 5. The van der Waals surface area contributed by atoms with Gasteiger partial charge >= 0.3 is 0 Å². The molecular weight excluding hydrogens is 348 g/mol. The summed E-state index contributed by atoms with van der Waals surface area (Å²) in [6, 6.07) is 9.12. The maximum absolute atomic E-state index is 12.8. The van der Waals surface area contributed by atoms with Gasteiger partial charge in [0.1, 0.15) is 17.6 Å². The van der Waals surface area contributed by atoms with Gasteiger partial charge in [0.15, 0.2) is 0 Å². The molecule has 1 atom stereocenters. The lowest BCUT2D eigenvalue weighted by Gasteiger charge is -2.33. The normalized spacial score (nSPS) is 16.0. The molecule has 4 rings (SSSR count).